The van der Waals surface area contributed by atoms with E-state index in [0.29, 0.717) is 0 Å². The minimum atomic E-state index is 0.0613. The highest BCUT2D eigenvalue weighted by Gasteiger charge is 2.38. The maximum atomic E-state index is 6.61. The normalized spacial score (nSPS) is 15.4. The molecule has 0 amide bonds. The second-order valence-electron chi connectivity index (χ2n) is 21.9. The lowest BCUT2D eigenvalue weighted by Crippen LogP contribution is -2.37. The fourth-order valence-corrected chi connectivity index (χ4v) is 13.1. The number of nitrogens with zero attached hydrogens (tertiary/aromatic N) is 1. The molecule has 67 heavy (non-hydrogen) atoms. The number of furan rings is 2. The predicted octanol–water partition coefficient (Wildman–Crippen LogP) is 16.3. The van der Waals surface area contributed by atoms with Crippen molar-refractivity contribution in [3.05, 3.63) is 150 Å². The van der Waals surface area contributed by atoms with E-state index in [0.717, 1.165) is 71.9 Å². The molecular weight excluding hydrogens is 836 g/mol. The first-order chi connectivity index (χ1) is 32.2. The molecule has 0 saturated heterocycles. The molecule has 1 aliphatic heterocycles. The number of nitrogens with one attached hydrogen (secondary N) is 1. The van der Waals surface area contributed by atoms with Crippen LogP contribution in [0.5, 0.6) is 0 Å². The Labute approximate surface area is 394 Å². The Hall–Kier alpha value is -6.76. The van der Waals surface area contributed by atoms with Gasteiger partial charge in [0.2, 0.25) is 0 Å². The minimum Gasteiger partial charge on any atom is -0.456 e. The van der Waals surface area contributed by atoms with Gasteiger partial charge in [-0.1, -0.05) is 109 Å². The van der Waals surface area contributed by atoms with Crippen molar-refractivity contribution < 1.29 is 8.83 Å². The number of para-hydroxylation sites is 2. The number of rotatable bonds is 3. The molecule has 5 heterocycles. The zero-order valence-corrected chi connectivity index (χ0v) is 40.1. The van der Waals surface area contributed by atoms with Crippen molar-refractivity contribution in [3.8, 4) is 16.8 Å². The molecule has 0 unspecified atom stereocenters. The fraction of sp³-hybridized carbons (Fsp3) is 0.213. The molecule has 2 aliphatic rings. The topological polar surface area (TPSA) is 43.2 Å². The summed E-state index contributed by atoms with van der Waals surface area (Å²) in [4.78, 5) is 0. The third kappa shape index (κ3) is 5.60. The van der Waals surface area contributed by atoms with Crippen LogP contribution in [0, 0.1) is 6.92 Å². The molecule has 0 spiro atoms. The summed E-state index contributed by atoms with van der Waals surface area (Å²) in [6.45, 7) is 18.9. The number of hydrogen-bond acceptors (Lipinski definition) is 4. The average Bonchev–Trinajstić information content (AvgIpc) is 4.05. The minimum absolute atomic E-state index is 0.0613. The molecule has 6 heteroatoms. The van der Waals surface area contributed by atoms with Gasteiger partial charge in [0.15, 0.2) is 7.28 Å². The van der Waals surface area contributed by atoms with Crippen LogP contribution in [0.15, 0.2) is 136 Å². The number of aryl methyl sites for hydroxylation is 1. The maximum absolute atomic E-state index is 6.61. The number of aromatic nitrogens is 1. The predicted molar refractivity (Wildman–Crippen MR) is 287 cm³/mol. The van der Waals surface area contributed by atoms with E-state index in [9.17, 15) is 0 Å². The van der Waals surface area contributed by atoms with Gasteiger partial charge < -0.3 is 18.7 Å². The average molecular weight is 886 g/mol. The Kier molecular flexibility index (Phi) is 7.78. The third-order valence-corrected chi connectivity index (χ3v) is 16.9. The maximum Gasteiger partial charge on any atom is 0.198 e. The van der Waals surface area contributed by atoms with Gasteiger partial charge in [-0.3, -0.25) is 0 Å². The molecule has 1 N–H and O–H groups in total. The Balaban J connectivity index is 1.08. The van der Waals surface area contributed by atoms with Gasteiger partial charge in [-0.05, 0) is 136 Å². The summed E-state index contributed by atoms with van der Waals surface area (Å²) in [6.07, 6.45) is 2.38. The second-order valence-corrected chi connectivity index (χ2v) is 23.0. The Bertz CT molecular complexity index is 4150. The number of anilines is 2. The molecule has 8 aromatic carbocycles. The van der Waals surface area contributed by atoms with Gasteiger partial charge in [-0.15, -0.1) is 11.3 Å². The number of fused-ring (bicyclic) bond motifs is 15. The molecule has 14 rings (SSSR count). The van der Waals surface area contributed by atoms with E-state index in [2.05, 4.69) is 200 Å². The van der Waals surface area contributed by atoms with Crippen LogP contribution in [0.2, 0.25) is 0 Å². The second kappa shape index (κ2) is 13.2. The van der Waals surface area contributed by atoms with Crippen molar-refractivity contribution in [1.29, 1.82) is 0 Å². The van der Waals surface area contributed by atoms with Gasteiger partial charge in [-0.25, -0.2) is 0 Å². The van der Waals surface area contributed by atoms with Crippen LogP contribution in [0.25, 0.3) is 103 Å². The quantitative estimate of drug-likeness (QED) is 0.180. The van der Waals surface area contributed by atoms with E-state index >= 15 is 0 Å². The lowest BCUT2D eigenvalue weighted by molar-refractivity contribution is 0.332. The monoisotopic (exact) mass is 885 g/mol. The zero-order chi connectivity index (χ0) is 45.5. The number of benzene rings is 8. The zero-order valence-electron chi connectivity index (χ0n) is 39.3. The van der Waals surface area contributed by atoms with E-state index < -0.39 is 0 Å². The Morgan fingerprint density at radius 2 is 1.22 bits per heavy atom. The largest absolute Gasteiger partial charge is 0.456 e. The molecule has 0 saturated carbocycles. The highest BCUT2D eigenvalue weighted by Crippen LogP contribution is 2.51. The molecule has 325 valence electrons. The molecule has 0 atom stereocenters. The summed E-state index contributed by atoms with van der Waals surface area (Å²) in [5.41, 5.74) is 19.8. The van der Waals surface area contributed by atoms with Crippen LogP contribution in [0.1, 0.15) is 83.6 Å². The van der Waals surface area contributed by atoms with E-state index in [1.54, 1.807) is 0 Å². The molecule has 1 aliphatic carbocycles. The van der Waals surface area contributed by atoms with Crippen LogP contribution in [-0.2, 0) is 16.2 Å². The summed E-state index contributed by atoms with van der Waals surface area (Å²) in [7, 11) is 2.43. The lowest BCUT2D eigenvalue weighted by atomic mass is 9.58. The molecule has 0 fully saturated rings. The molecule has 4 aromatic heterocycles. The van der Waals surface area contributed by atoms with Gasteiger partial charge in [0.1, 0.15) is 22.3 Å². The first kappa shape index (κ1) is 39.4. The van der Waals surface area contributed by atoms with Crippen molar-refractivity contribution in [2.24, 2.45) is 0 Å². The van der Waals surface area contributed by atoms with Crippen LogP contribution < -0.4 is 16.2 Å². The Morgan fingerprint density at radius 1 is 0.597 bits per heavy atom. The van der Waals surface area contributed by atoms with Crippen LogP contribution in [-0.4, -0.2) is 11.8 Å². The van der Waals surface area contributed by atoms with Crippen LogP contribution in [0.4, 0.5) is 11.4 Å². The molecule has 1 radical (unpaired) electrons. The van der Waals surface area contributed by atoms with Crippen molar-refractivity contribution in [2.45, 2.75) is 84.5 Å². The summed E-state index contributed by atoms with van der Waals surface area (Å²) in [6, 6.07) is 47.6. The van der Waals surface area contributed by atoms with E-state index in [-0.39, 0.29) is 16.2 Å². The summed E-state index contributed by atoms with van der Waals surface area (Å²) < 4.78 is 18.4. The standard InChI is InChI=1S/C61H50BN2O2S/c1-32-23-42(37-24-40-41-26-44-45(61(7,8)22-21-60(44,5)6)28-54(41)67-55(40)30-47(37)63-34-19-17-33(18-20-34)59(2,3)4)57-58-56(32)43-25-38-35-13-9-11-15-50(35)66-53(38)31-48(43)64(58)49-27-39-36-14-10-12-16-51(36)65-52(39)29-46(49)62-57/h9-20,23-31,63H,21-22H2,1-8H3. The number of hydrogen-bond donors (Lipinski definition) is 1. The van der Waals surface area contributed by atoms with E-state index in [1.165, 1.54) is 88.1 Å². The highest BCUT2D eigenvalue weighted by molar-refractivity contribution is 7.25. The van der Waals surface area contributed by atoms with Gasteiger partial charge in [0.05, 0.1) is 5.52 Å². The van der Waals surface area contributed by atoms with E-state index in [1.807, 2.05) is 11.3 Å². The van der Waals surface area contributed by atoms with Crippen molar-refractivity contribution >= 4 is 127 Å². The summed E-state index contributed by atoms with van der Waals surface area (Å²) in [5.74, 6) is 0. The smallest absolute Gasteiger partial charge is 0.198 e. The van der Waals surface area contributed by atoms with Gasteiger partial charge >= 0.3 is 0 Å². The lowest BCUT2D eigenvalue weighted by Gasteiger charge is -2.41. The Morgan fingerprint density at radius 3 is 1.93 bits per heavy atom. The van der Waals surface area contributed by atoms with Crippen LogP contribution >= 0.6 is 11.3 Å². The van der Waals surface area contributed by atoms with E-state index in [4.69, 9.17) is 8.83 Å². The molecule has 12 aromatic rings. The van der Waals surface area contributed by atoms with Crippen LogP contribution in [0.3, 0.4) is 0 Å². The first-order valence-corrected chi connectivity index (χ1v) is 24.7. The number of thiophene rings is 1. The SMILES string of the molecule is Cc1cc(-c2cc3c(cc2Nc2ccc(C(C)(C)C)cc2)sc2cc4c(cc23)C(C)(C)CCC4(C)C)c2c3c1c1cc4c(cc1n3-c1cc3c(cc1[B]2)oc1ccccc13)oc1ccccc14. The van der Waals surface area contributed by atoms with Gasteiger partial charge in [-0.2, -0.15) is 0 Å². The summed E-state index contributed by atoms with van der Waals surface area (Å²) >= 11 is 1.93. The first-order valence-electron chi connectivity index (χ1n) is 23.9. The van der Waals surface area contributed by atoms with Gasteiger partial charge in [0.25, 0.3) is 0 Å². The van der Waals surface area contributed by atoms with Crippen molar-refractivity contribution in [3.63, 3.8) is 0 Å². The highest BCUT2D eigenvalue weighted by atomic mass is 32.1. The van der Waals surface area contributed by atoms with Gasteiger partial charge in [0, 0.05) is 86.7 Å². The fourth-order valence-electron chi connectivity index (χ4n) is 11.9. The van der Waals surface area contributed by atoms with Crippen molar-refractivity contribution in [2.75, 3.05) is 5.32 Å². The third-order valence-electron chi connectivity index (χ3n) is 15.7. The van der Waals surface area contributed by atoms with Crippen molar-refractivity contribution in [1.82, 2.24) is 4.57 Å². The molecule has 4 nitrogen and oxygen atoms in total. The summed E-state index contributed by atoms with van der Waals surface area (Å²) in [5, 5.41) is 13.7. The molecular formula is C61H50BN2O2S. The molecule has 0 bridgehead atoms.